The van der Waals surface area contributed by atoms with Gasteiger partial charge in [-0.15, -0.1) is 11.3 Å². The predicted molar refractivity (Wildman–Crippen MR) is 70.0 cm³/mol. The van der Waals surface area contributed by atoms with Gasteiger partial charge in [0.1, 0.15) is 0 Å². The molecule has 2 rings (SSSR count). The van der Waals surface area contributed by atoms with Crippen LogP contribution in [-0.4, -0.2) is 17.6 Å². The highest BCUT2D eigenvalue weighted by molar-refractivity contribution is 7.11. The van der Waals surface area contributed by atoms with Crippen LogP contribution in [0.1, 0.15) is 42.5 Å². The number of nitrogens with zero attached hydrogens (tertiary/aromatic N) is 1. The molecule has 0 radical (unpaired) electrons. The maximum atomic E-state index is 4.29. The zero-order chi connectivity index (χ0) is 11.4. The van der Waals surface area contributed by atoms with Crippen molar-refractivity contribution in [1.29, 1.82) is 0 Å². The Labute approximate surface area is 102 Å². The van der Waals surface area contributed by atoms with Gasteiger partial charge in [0.25, 0.3) is 0 Å². The number of nitrogens with one attached hydrogen (secondary N) is 1. The second kappa shape index (κ2) is 5.78. The van der Waals surface area contributed by atoms with E-state index in [1.807, 2.05) is 17.5 Å². The SMILES string of the molecule is Cc1ncc(CCNC2CCCCC2C)s1. The van der Waals surface area contributed by atoms with Crippen molar-refractivity contribution >= 4 is 11.3 Å². The molecule has 0 spiro atoms. The summed E-state index contributed by atoms with van der Waals surface area (Å²) in [7, 11) is 0. The first-order chi connectivity index (χ1) is 7.75. The average Bonchev–Trinajstić information content (AvgIpc) is 2.67. The monoisotopic (exact) mass is 238 g/mol. The van der Waals surface area contributed by atoms with Crippen molar-refractivity contribution in [3.8, 4) is 0 Å². The third-order valence-corrected chi connectivity index (χ3v) is 4.53. The van der Waals surface area contributed by atoms with Crippen LogP contribution >= 0.6 is 11.3 Å². The fraction of sp³-hybridized carbons (Fsp3) is 0.769. The molecule has 0 saturated heterocycles. The van der Waals surface area contributed by atoms with Crippen LogP contribution in [0.4, 0.5) is 0 Å². The molecular weight excluding hydrogens is 216 g/mol. The van der Waals surface area contributed by atoms with E-state index in [-0.39, 0.29) is 0 Å². The minimum absolute atomic E-state index is 0.753. The Bertz CT molecular complexity index is 321. The lowest BCUT2D eigenvalue weighted by atomic mass is 9.86. The molecule has 3 heteroatoms. The molecule has 1 saturated carbocycles. The van der Waals surface area contributed by atoms with E-state index in [4.69, 9.17) is 0 Å². The average molecular weight is 238 g/mol. The molecule has 1 aliphatic carbocycles. The first-order valence-electron chi connectivity index (χ1n) is 6.40. The molecule has 2 unspecified atom stereocenters. The lowest BCUT2D eigenvalue weighted by Crippen LogP contribution is -2.38. The second-order valence-electron chi connectivity index (χ2n) is 4.92. The van der Waals surface area contributed by atoms with Gasteiger partial charge in [0.05, 0.1) is 5.01 Å². The third kappa shape index (κ3) is 3.29. The van der Waals surface area contributed by atoms with Crippen molar-refractivity contribution in [1.82, 2.24) is 10.3 Å². The van der Waals surface area contributed by atoms with Gasteiger partial charge < -0.3 is 5.32 Å². The summed E-state index contributed by atoms with van der Waals surface area (Å²) in [5.74, 6) is 0.858. The number of hydrogen-bond donors (Lipinski definition) is 1. The van der Waals surface area contributed by atoms with Gasteiger partial charge in [0.2, 0.25) is 0 Å². The molecule has 0 aromatic carbocycles. The summed E-state index contributed by atoms with van der Waals surface area (Å²) in [5, 5.41) is 4.89. The molecule has 0 amide bonds. The Hall–Kier alpha value is -0.410. The number of hydrogen-bond acceptors (Lipinski definition) is 3. The molecule has 2 atom stereocenters. The minimum atomic E-state index is 0.753. The van der Waals surface area contributed by atoms with E-state index >= 15 is 0 Å². The van der Waals surface area contributed by atoms with Crippen molar-refractivity contribution in [2.24, 2.45) is 5.92 Å². The van der Waals surface area contributed by atoms with Crippen LogP contribution in [0.5, 0.6) is 0 Å². The summed E-state index contributed by atoms with van der Waals surface area (Å²) >= 11 is 1.82. The van der Waals surface area contributed by atoms with Gasteiger partial charge in [-0.05, 0) is 32.1 Å². The molecule has 1 heterocycles. The summed E-state index contributed by atoms with van der Waals surface area (Å²) in [5.41, 5.74) is 0. The van der Waals surface area contributed by atoms with Crippen molar-refractivity contribution in [2.75, 3.05) is 6.54 Å². The van der Waals surface area contributed by atoms with E-state index in [0.717, 1.165) is 24.9 Å². The maximum absolute atomic E-state index is 4.29. The van der Waals surface area contributed by atoms with Crippen molar-refractivity contribution < 1.29 is 0 Å². The number of aromatic nitrogens is 1. The van der Waals surface area contributed by atoms with Crippen molar-refractivity contribution in [3.05, 3.63) is 16.1 Å². The van der Waals surface area contributed by atoms with Gasteiger partial charge in [-0.1, -0.05) is 19.8 Å². The predicted octanol–water partition coefficient (Wildman–Crippen LogP) is 3.16. The molecule has 1 aromatic rings. The number of thiazole rings is 1. The molecule has 1 fully saturated rings. The van der Waals surface area contributed by atoms with Gasteiger partial charge in [0.15, 0.2) is 0 Å². The fourth-order valence-electron chi connectivity index (χ4n) is 2.52. The van der Waals surface area contributed by atoms with E-state index < -0.39 is 0 Å². The maximum Gasteiger partial charge on any atom is 0.0896 e. The highest BCUT2D eigenvalue weighted by Crippen LogP contribution is 2.23. The Balaban J connectivity index is 1.71. The summed E-state index contributed by atoms with van der Waals surface area (Å²) < 4.78 is 0. The zero-order valence-electron chi connectivity index (χ0n) is 10.3. The molecular formula is C13H22N2S. The Morgan fingerprint density at radius 2 is 2.25 bits per heavy atom. The van der Waals surface area contributed by atoms with Gasteiger partial charge in [-0.2, -0.15) is 0 Å². The highest BCUT2D eigenvalue weighted by Gasteiger charge is 2.20. The van der Waals surface area contributed by atoms with Crippen molar-refractivity contribution in [3.63, 3.8) is 0 Å². The fourth-order valence-corrected chi connectivity index (χ4v) is 3.32. The summed E-state index contributed by atoms with van der Waals surface area (Å²) in [4.78, 5) is 5.70. The summed E-state index contributed by atoms with van der Waals surface area (Å²) in [6.07, 6.45) is 8.75. The van der Waals surface area contributed by atoms with Crippen LogP contribution in [0.25, 0.3) is 0 Å². The molecule has 1 N–H and O–H groups in total. The molecule has 90 valence electrons. The van der Waals surface area contributed by atoms with Gasteiger partial charge >= 0.3 is 0 Å². The Morgan fingerprint density at radius 3 is 2.94 bits per heavy atom. The lowest BCUT2D eigenvalue weighted by molar-refractivity contribution is 0.282. The van der Waals surface area contributed by atoms with E-state index in [9.17, 15) is 0 Å². The van der Waals surface area contributed by atoms with Crippen LogP contribution in [0.15, 0.2) is 6.20 Å². The molecule has 1 aliphatic rings. The summed E-state index contributed by atoms with van der Waals surface area (Å²) in [6, 6.07) is 0.753. The van der Waals surface area contributed by atoms with Crippen LogP contribution in [-0.2, 0) is 6.42 Å². The zero-order valence-corrected chi connectivity index (χ0v) is 11.1. The van der Waals surface area contributed by atoms with E-state index in [1.165, 1.54) is 35.6 Å². The van der Waals surface area contributed by atoms with Crippen LogP contribution in [0.2, 0.25) is 0 Å². The number of rotatable bonds is 4. The second-order valence-corrected chi connectivity index (χ2v) is 6.24. The van der Waals surface area contributed by atoms with E-state index in [1.54, 1.807) is 0 Å². The smallest absolute Gasteiger partial charge is 0.0896 e. The molecule has 1 aromatic heterocycles. The molecule has 2 nitrogen and oxygen atoms in total. The quantitative estimate of drug-likeness (QED) is 0.871. The van der Waals surface area contributed by atoms with E-state index in [2.05, 4.69) is 24.1 Å². The molecule has 16 heavy (non-hydrogen) atoms. The van der Waals surface area contributed by atoms with Gasteiger partial charge in [0, 0.05) is 23.7 Å². The first-order valence-corrected chi connectivity index (χ1v) is 7.22. The van der Waals surface area contributed by atoms with Crippen molar-refractivity contribution in [2.45, 2.75) is 52.0 Å². The topological polar surface area (TPSA) is 24.9 Å². The van der Waals surface area contributed by atoms with Gasteiger partial charge in [-0.25, -0.2) is 4.98 Å². The standard InChI is InChI=1S/C13H22N2S/c1-10-5-3-4-6-13(10)14-8-7-12-9-15-11(2)16-12/h9-10,13-14H,3-8H2,1-2H3. The highest BCUT2D eigenvalue weighted by atomic mass is 32.1. The molecule has 0 aliphatic heterocycles. The Kier molecular flexibility index (Phi) is 4.36. The van der Waals surface area contributed by atoms with Crippen LogP contribution < -0.4 is 5.32 Å². The summed E-state index contributed by atoms with van der Waals surface area (Å²) in [6.45, 7) is 5.56. The first kappa shape index (κ1) is 12.1. The van der Waals surface area contributed by atoms with Gasteiger partial charge in [-0.3, -0.25) is 0 Å². The third-order valence-electron chi connectivity index (χ3n) is 3.56. The van der Waals surface area contributed by atoms with Crippen LogP contribution in [0.3, 0.4) is 0 Å². The van der Waals surface area contributed by atoms with E-state index in [0.29, 0.717) is 0 Å². The normalized spacial score (nSPS) is 25.9. The largest absolute Gasteiger partial charge is 0.313 e. The Morgan fingerprint density at radius 1 is 1.44 bits per heavy atom. The van der Waals surface area contributed by atoms with Crippen LogP contribution in [0, 0.1) is 12.8 Å². The number of aryl methyl sites for hydroxylation is 1. The minimum Gasteiger partial charge on any atom is -0.313 e. The lowest BCUT2D eigenvalue weighted by Gasteiger charge is -2.29. The molecule has 0 bridgehead atoms.